The smallest absolute Gasteiger partial charge is 0.159 e. The first-order chi connectivity index (χ1) is 7.69. The van der Waals surface area contributed by atoms with Gasteiger partial charge in [-0.1, -0.05) is 44.0 Å². The van der Waals surface area contributed by atoms with Gasteiger partial charge in [0.15, 0.2) is 5.78 Å². The average Bonchev–Trinajstić information content (AvgIpc) is 2.30. The van der Waals surface area contributed by atoms with Crippen molar-refractivity contribution in [2.75, 3.05) is 7.11 Å². The maximum atomic E-state index is 11.1. The number of ketones is 1. The molecule has 1 rings (SSSR count). The summed E-state index contributed by atoms with van der Waals surface area (Å²) in [6.45, 7) is 3.76. The number of benzene rings is 1. The van der Waals surface area contributed by atoms with Crippen LogP contribution in [0.2, 0.25) is 0 Å². The van der Waals surface area contributed by atoms with Gasteiger partial charge in [-0.3, -0.25) is 4.79 Å². The Kier molecular flexibility index (Phi) is 5.20. The first kappa shape index (κ1) is 12.9. The van der Waals surface area contributed by atoms with E-state index in [2.05, 4.69) is 6.92 Å². The molecule has 1 aromatic rings. The topological polar surface area (TPSA) is 26.3 Å². The summed E-state index contributed by atoms with van der Waals surface area (Å²) in [6, 6.07) is 7.71. The van der Waals surface area contributed by atoms with E-state index in [-0.39, 0.29) is 11.9 Å². The molecule has 88 valence electrons. The molecule has 0 bridgehead atoms. The van der Waals surface area contributed by atoms with Crippen LogP contribution in [-0.4, -0.2) is 12.9 Å². The van der Waals surface area contributed by atoms with Gasteiger partial charge in [-0.2, -0.15) is 0 Å². The highest BCUT2D eigenvalue weighted by Gasteiger charge is 2.10. The Bertz CT molecular complexity index is 327. The summed E-state index contributed by atoms with van der Waals surface area (Å²) >= 11 is 0. The minimum atomic E-state index is 0.106. The van der Waals surface area contributed by atoms with Crippen molar-refractivity contribution in [3.63, 3.8) is 0 Å². The molecule has 0 radical (unpaired) electrons. The zero-order valence-electron chi connectivity index (χ0n) is 10.3. The summed E-state index contributed by atoms with van der Waals surface area (Å²) in [5.41, 5.74) is 1.91. The summed E-state index contributed by atoms with van der Waals surface area (Å²) in [7, 11) is 1.74. The first-order valence-corrected chi connectivity index (χ1v) is 5.82. The van der Waals surface area contributed by atoms with Gasteiger partial charge in [0, 0.05) is 12.7 Å². The second kappa shape index (κ2) is 6.44. The minimum absolute atomic E-state index is 0.106. The SMILES string of the molecule is CCCC[C@@H](OC)c1ccc(C(C)=O)cc1. The molecular formula is C14H20O2. The molecule has 0 saturated carbocycles. The molecule has 2 heteroatoms. The number of carbonyl (C=O) groups excluding carboxylic acids is 1. The van der Waals surface area contributed by atoms with Crippen molar-refractivity contribution in [2.24, 2.45) is 0 Å². The van der Waals surface area contributed by atoms with Crippen LogP contribution in [0.25, 0.3) is 0 Å². The van der Waals surface area contributed by atoms with E-state index < -0.39 is 0 Å². The number of hydrogen-bond acceptors (Lipinski definition) is 2. The molecule has 2 nitrogen and oxygen atoms in total. The fourth-order valence-electron chi connectivity index (χ4n) is 1.74. The van der Waals surface area contributed by atoms with E-state index in [4.69, 9.17) is 4.74 Å². The fourth-order valence-corrected chi connectivity index (χ4v) is 1.74. The third-order valence-electron chi connectivity index (χ3n) is 2.79. The maximum absolute atomic E-state index is 11.1. The van der Waals surface area contributed by atoms with E-state index in [0.29, 0.717) is 0 Å². The normalized spacial score (nSPS) is 12.4. The number of Topliss-reactive ketones (excluding diaryl/α,β-unsaturated/α-hetero) is 1. The number of unbranched alkanes of at least 4 members (excludes halogenated alkanes) is 1. The number of rotatable bonds is 6. The molecule has 0 aliphatic heterocycles. The lowest BCUT2D eigenvalue weighted by atomic mass is 10.0. The largest absolute Gasteiger partial charge is 0.377 e. The van der Waals surface area contributed by atoms with E-state index in [0.717, 1.165) is 24.0 Å². The number of methoxy groups -OCH3 is 1. The minimum Gasteiger partial charge on any atom is -0.377 e. The van der Waals surface area contributed by atoms with Gasteiger partial charge in [0.1, 0.15) is 0 Å². The highest BCUT2D eigenvalue weighted by Crippen LogP contribution is 2.23. The standard InChI is InChI=1S/C14H20O2/c1-4-5-6-14(16-3)13-9-7-12(8-10-13)11(2)15/h7-10,14H,4-6H2,1-3H3/t14-/m1/s1. The van der Waals surface area contributed by atoms with E-state index >= 15 is 0 Å². The summed E-state index contributed by atoms with van der Waals surface area (Å²) in [6.07, 6.45) is 3.52. The molecule has 0 fully saturated rings. The number of ether oxygens (including phenoxy) is 1. The molecule has 0 unspecified atom stereocenters. The highest BCUT2D eigenvalue weighted by molar-refractivity contribution is 5.94. The molecule has 0 amide bonds. The highest BCUT2D eigenvalue weighted by atomic mass is 16.5. The zero-order valence-corrected chi connectivity index (χ0v) is 10.3. The Balaban J connectivity index is 2.74. The van der Waals surface area contributed by atoms with E-state index in [9.17, 15) is 4.79 Å². The molecule has 16 heavy (non-hydrogen) atoms. The van der Waals surface area contributed by atoms with Gasteiger partial charge in [0.25, 0.3) is 0 Å². The Morgan fingerprint density at radius 2 is 1.94 bits per heavy atom. The Labute approximate surface area is 97.6 Å². The third kappa shape index (κ3) is 3.46. The summed E-state index contributed by atoms with van der Waals surface area (Å²) in [5, 5.41) is 0. The van der Waals surface area contributed by atoms with Crippen LogP contribution >= 0.6 is 0 Å². The molecule has 1 atom stereocenters. The van der Waals surface area contributed by atoms with Crippen LogP contribution in [0.4, 0.5) is 0 Å². The van der Waals surface area contributed by atoms with Gasteiger partial charge in [0.05, 0.1) is 6.10 Å². The first-order valence-electron chi connectivity index (χ1n) is 5.82. The predicted molar refractivity (Wildman–Crippen MR) is 65.7 cm³/mol. The van der Waals surface area contributed by atoms with Crippen molar-refractivity contribution in [3.05, 3.63) is 35.4 Å². The van der Waals surface area contributed by atoms with Gasteiger partial charge in [-0.25, -0.2) is 0 Å². The third-order valence-corrected chi connectivity index (χ3v) is 2.79. The van der Waals surface area contributed by atoms with Gasteiger partial charge in [-0.15, -0.1) is 0 Å². The van der Waals surface area contributed by atoms with E-state index in [1.807, 2.05) is 24.3 Å². The van der Waals surface area contributed by atoms with Crippen molar-refractivity contribution in [1.29, 1.82) is 0 Å². The quantitative estimate of drug-likeness (QED) is 0.682. The lowest BCUT2D eigenvalue weighted by molar-refractivity contribution is 0.0934. The van der Waals surface area contributed by atoms with Gasteiger partial charge >= 0.3 is 0 Å². The monoisotopic (exact) mass is 220 g/mol. The molecule has 0 aliphatic carbocycles. The molecule has 0 heterocycles. The Morgan fingerprint density at radius 3 is 2.38 bits per heavy atom. The van der Waals surface area contributed by atoms with Crippen LogP contribution in [0.5, 0.6) is 0 Å². The Morgan fingerprint density at radius 1 is 1.31 bits per heavy atom. The molecular weight excluding hydrogens is 200 g/mol. The summed E-state index contributed by atoms with van der Waals surface area (Å²) in [4.78, 5) is 11.1. The molecule has 0 spiro atoms. The lowest BCUT2D eigenvalue weighted by Crippen LogP contribution is -2.02. The van der Waals surface area contributed by atoms with Crippen LogP contribution in [0.3, 0.4) is 0 Å². The molecule has 0 saturated heterocycles. The summed E-state index contributed by atoms with van der Waals surface area (Å²) in [5.74, 6) is 0.106. The van der Waals surface area contributed by atoms with Crippen LogP contribution in [-0.2, 0) is 4.74 Å². The zero-order chi connectivity index (χ0) is 12.0. The molecule has 0 aromatic heterocycles. The van der Waals surface area contributed by atoms with Gasteiger partial charge in [-0.05, 0) is 18.9 Å². The van der Waals surface area contributed by atoms with Crippen molar-refractivity contribution in [3.8, 4) is 0 Å². The van der Waals surface area contributed by atoms with Crippen molar-refractivity contribution in [2.45, 2.75) is 39.2 Å². The van der Waals surface area contributed by atoms with E-state index in [1.54, 1.807) is 14.0 Å². The average molecular weight is 220 g/mol. The van der Waals surface area contributed by atoms with Crippen LogP contribution in [0.15, 0.2) is 24.3 Å². The fraction of sp³-hybridized carbons (Fsp3) is 0.500. The van der Waals surface area contributed by atoms with Crippen molar-refractivity contribution < 1.29 is 9.53 Å². The second-order valence-corrected chi connectivity index (χ2v) is 4.04. The maximum Gasteiger partial charge on any atom is 0.159 e. The van der Waals surface area contributed by atoms with Crippen LogP contribution < -0.4 is 0 Å². The number of hydrogen-bond donors (Lipinski definition) is 0. The van der Waals surface area contributed by atoms with Crippen LogP contribution in [0, 0.1) is 0 Å². The second-order valence-electron chi connectivity index (χ2n) is 4.04. The van der Waals surface area contributed by atoms with Crippen LogP contribution in [0.1, 0.15) is 55.1 Å². The molecule has 0 aliphatic rings. The number of carbonyl (C=O) groups is 1. The Hall–Kier alpha value is -1.15. The lowest BCUT2D eigenvalue weighted by Gasteiger charge is -2.15. The molecule has 0 N–H and O–H groups in total. The van der Waals surface area contributed by atoms with Crippen molar-refractivity contribution >= 4 is 5.78 Å². The predicted octanol–water partition coefficient (Wildman–Crippen LogP) is 3.77. The molecule has 1 aromatic carbocycles. The van der Waals surface area contributed by atoms with Crippen molar-refractivity contribution in [1.82, 2.24) is 0 Å². The van der Waals surface area contributed by atoms with Gasteiger partial charge < -0.3 is 4.74 Å². The van der Waals surface area contributed by atoms with Gasteiger partial charge in [0.2, 0.25) is 0 Å². The van der Waals surface area contributed by atoms with E-state index in [1.165, 1.54) is 6.42 Å². The summed E-state index contributed by atoms with van der Waals surface area (Å²) < 4.78 is 5.45.